The van der Waals surface area contributed by atoms with Gasteiger partial charge < -0.3 is 5.32 Å². The second kappa shape index (κ2) is 5.64. The van der Waals surface area contributed by atoms with Crippen molar-refractivity contribution in [2.45, 2.75) is 25.4 Å². The Hall–Kier alpha value is -0.370. The zero-order chi connectivity index (χ0) is 11.3. The van der Waals surface area contributed by atoms with Gasteiger partial charge in [-0.05, 0) is 28.8 Å². The van der Waals surface area contributed by atoms with E-state index in [4.69, 9.17) is 0 Å². The van der Waals surface area contributed by atoms with Crippen molar-refractivity contribution >= 4 is 32.4 Å². The van der Waals surface area contributed by atoms with Crippen molar-refractivity contribution in [2.24, 2.45) is 0 Å². The molecule has 0 radical (unpaired) electrons. The Balaban J connectivity index is 2.07. The van der Waals surface area contributed by atoms with Crippen LogP contribution in [0.15, 0.2) is 3.92 Å². The number of hydrogen-bond acceptors (Lipinski definition) is 4. The Morgan fingerprint density at radius 3 is 2.53 bits per heavy atom. The molecule has 0 atom stereocenters. The zero-order valence-corrected chi connectivity index (χ0v) is 10.0. The van der Waals surface area contributed by atoms with Gasteiger partial charge in [-0.3, -0.25) is 0 Å². The van der Waals surface area contributed by atoms with Gasteiger partial charge in [0.2, 0.25) is 5.13 Å². The maximum Gasteiger partial charge on any atom is 0.389 e. The SMILES string of the molecule is FC(F)(F)CCCCNc1nnc(Br)s1. The van der Waals surface area contributed by atoms with E-state index >= 15 is 0 Å². The van der Waals surface area contributed by atoms with Gasteiger partial charge >= 0.3 is 6.18 Å². The highest BCUT2D eigenvalue weighted by molar-refractivity contribution is 9.11. The van der Waals surface area contributed by atoms with Gasteiger partial charge in [-0.1, -0.05) is 11.3 Å². The summed E-state index contributed by atoms with van der Waals surface area (Å²) in [5.41, 5.74) is 0. The minimum atomic E-state index is -4.05. The van der Waals surface area contributed by atoms with Crippen LogP contribution >= 0.6 is 27.3 Å². The fourth-order valence-corrected chi connectivity index (χ4v) is 1.96. The molecular formula is C7H9BrF3N3S. The fraction of sp³-hybridized carbons (Fsp3) is 0.714. The van der Waals surface area contributed by atoms with Crippen LogP contribution in [-0.4, -0.2) is 22.9 Å². The maximum atomic E-state index is 11.8. The zero-order valence-electron chi connectivity index (χ0n) is 7.64. The molecule has 0 aliphatic heterocycles. The van der Waals surface area contributed by atoms with Crippen LogP contribution in [0.1, 0.15) is 19.3 Å². The van der Waals surface area contributed by atoms with Gasteiger partial charge in [-0.15, -0.1) is 10.2 Å². The van der Waals surface area contributed by atoms with Crippen molar-refractivity contribution in [2.75, 3.05) is 11.9 Å². The van der Waals surface area contributed by atoms with Crippen LogP contribution in [0.5, 0.6) is 0 Å². The third kappa shape index (κ3) is 5.93. The molecule has 1 aromatic heterocycles. The summed E-state index contributed by atoms with van der Waals surface area (Å²) >= 11 is 4.45. The Kier molecular flexibility index (Phi) is 4.78. The standard InChI is InChI=1S/C7H9BrF3N3S/c8-5-13-14-6(15-5)12-4-2-1-3-7(9,10)11/h1-4H2,(H,12,14). The molecule has 0 saturated carbocycles. The number of anilines is 1. The average molecular weight is 304 g/mol. The van der Waals surface area contributed by atoms with Crippen molar-refractivity contribution in [1.82, 2.24) is 10.2 Å². The van der Waals surface area contributed by atoms with Crippen molar-refractivity contribution < 1.29 is 13.2 Å². The summed E-state index contributed by atoms with van der Waals surface area (Å²) in [7, 11) is 0. The molecule has 3 nitrogen and oxygen atoms in total. The average Bonchev–Trinajstić information content (AvgIpc) is 2.49. The minimum absolute atomic E-state index is 0.135. The number of aromatic nitrogens is 2. The van der Waals surface area contributed by atoms with Gasteiger partial charge in [-0.25, -0.2) is 0 Å². The first-order valence-electron chi connectivity index (χ1n) is 4.27. The number of nitrogens with zero attached hydrogens (tertiary/aromatic N) is 2. The second-order valence-electron chi connectivity index (χ2n) is 2.86. The van der Waals surface area contributed by atoms with Crippen molar-refractivity contribution in [3.05, 3.63) is 3.92 Å². The van der Waals surface area contributed by atoms with Crippen LogP contribution in [0.3, 0.4) is 0 Å². The van der Waals surface area contributed by atoms with Crippen molar-refractivity contribution in [1.29, 1.82) is 0 Å². The normalized spacial score (nSPS) is 11.7. The fourth-order valence-electron chi connectivity index (χ4n) is 0.923. The summed E-state index contributed by atoms with van der Waals surface area (Å²) in [4.78, 5) is 0. The highest BCUT2D eigenvalue weighted by Crippen LogP contribution is 2.23. The first kappa shape index (κ1) is 12.7. The monoisotopic (exact) mass is 303 g/mol. The molecule has 0 fully saturated rings. The van der Waals surface area contributed by atoms with Crippen molar-refractivity contribution in [3.8, 4) is 0 Å². The third-order valence-electron chi connectivity index (χ3n) is 1.56. The van der Waals surface area contributed by atoms with Crippen molar-refractivity contribution in [3.63, 3.8) is 0 Å². The highest BCUT2D eigenvalue weighted by atomic mass is 79.9. The van der Waals surface area contributed by atoms with E-state index in [0.717, 1.165) is 0 Å². The van der Waals surface area contributed by atoms with Crippen LogP contribution in [0, 0.1) is 0 Å². The molecule has 0 aliphatic rings. The molecule has 0 unspecified atom stereocenters. The Bertz CT molecular complexity index is 302. The molecule has 0 bridgehead atoms. The molecular weight excluding hydrogens is 295 g/mol. The highest BCUT2D eigenvalue weighted by Gasteiger charge is 2.25. The quantitative estimate of drug-likeness (QED) is 0.847. The number of halogens is 4. The molecule has 8 heteroatoms. The summed E-state index contributed by atoms with van der Waals surface area (Å²) in [5, 5.41) is 11.0. The Morgan fingerprint density at radius 1 is 1.27 bits per heavy atom. The first-order chi connectivity index (χ1) is 6.97. The van der Waals surface area contributed by atoms with E-state index in [1.807, 2.05) is 0 Å². The molecule has 86 valence electrons. The van der Waals surface area contributed by atoms with Gasteiger partial charge in [0.1, 0.15) is 0 Å². The summed E-state index contributed by atoms with van der Waals surface area (Å²) < 4.78 is 35.9. The summed E-state index contributed by atoms with van der Waals surface area (Å²) in [6.45, 7) is 0.484. The molecule has 15 heavy (non-hydrogen) atoms. The molecule has 0 aliphatic carbocycles. The summed E-state index contributed by atoms with van der Waals surface area (Å²) in [6.07, 6.45) is -4.17. The van der Waals surface area contributed by atoms with Crippen LogP contribution in [0.4, 0.5) is 18.3 Å². The number of hydrogen-bond donors (Lipinski definition) is 1. The van der Waals surface area contributed by atoms with Crippen LogP contribution < -0.4 is 5.32 Å². The van der Waals surface area contributed by atoms with Gasteiger partial charge in [-0.2, -0.15) is 13.2 Å². The minimum Gasteiger partial charge on any atom is -0.360 e. The second-order valence-corrected chi connectivity index (χ2v) is 5.11. The molecule has 1 N–H and O–H groups in total. The van der Waals surface area contributed by atoms with Gasteiger partial charge in [0.15, 0.2) is 3.92 Å². The predicted octanol–water partition coefficient (Wildman–Crippen LogP) is 3.45. The van der Waals surface area contributed by atoms with E-state index in [2.05, 4.69) is 31.4 Å². The summed E-state index contributed by atoms with van der Waals surface area (Å²) in [5.74, 6) is 0. The van der Waals surface area contributed by atoms with Gasteiger partial charge in [0.05, 0.1) is 0 Å². The van der Waals surface area contributed by atoms with E-state index in [1.54, 1.807) is 0 Å². The molecule has 1 heterocycles. The third-order valence-corrected chi connectivity index (χ3v) is 2.88. The Labute approximate surface area is 97.2 Å². The Morgan fingerprint density at radius 2 is 2.00 bits per heavy atom. The predicted molar refractivity (Wildman–Crippen MR) is 56.0 cm³/mol. The lowest BCUT2D eigenvalue weighted by Crippen LogP contribution is -2.08. The van der Waals surface area contributed by atoms with Gasteiger partial charge in [0, 0.05) is 13.0 Å². The lowest BCUT2D eigenvalue weighted by molar-refractivity contribution is -0.135. The van der Waals surface area contributed by atoms with E-state index in [9.17, 15) is 13.2 Å². The number of rotatable bonds is 5. The van der Waals surface area contributed by atoms with E-state index in [0.29, 0.717) is 22.0 Å². The van der Waals surface area contributed by atoms with E-state index in [1.165, 1.54) is 11.3 Å². The lowest BCUT2D eigenvalue weighted by atomic mass is 10.2. The van der Waals surface area contributed by atoms with Crippen LogP contribution in [0.2, 0.25) is 0 Å². The number of nitrogens with one attached hydrogen (secondary N) is 1. The topological polar surface area (TPSA) is 37.8 Å². The molecule has 0 aromatic carbocycles. The molecule has 1 aromatic rings. The van der Waals surface area contributed by atoms with Crippen LogP contribution in [-0.2, 0) is 0 Å². The molecule has 0 saturated heterocycles. The smallest absolute Gasteiger partial charge is 0.360 e. The maximum absolute atomic E-state index is 11.8. The van der Waals surface area contributed by atoms with E-state index < -0.39 is 12.6 Å². The molecule has 0 amide bonds. The number of unbranched alkanes of at least 4 members (excludes halogenated alkanes) is 1. The molecule has 1 rings (SSSR count). The summed E-state index contributed by atoms with van der Waals surface area (Å²) in [6, 6.07) is 0. The molecule has 0 spiro atoms. The van der Waals surface area contributed by atoms with Gasteiger partial charge in [0.25, 0.3) is 0 Å². The van der Waals surface area contributed by atoms with E-state index in [-0.39, 0.29) is 6.42 Å². The first-order valence-corrected chi connectivity index (χ1v) is 5.88. The number of alkyl halides is 3. The van der Waals surface area contributed by atoms with Crippen LogP contribution in [0.25, 0.3) is 0 Å². The lowest BCUT2D eigenvalue weighted by Gasteiger charge is -2.05. The largest absolute Gasteiger partial charge is 0.389 e.